The predicted octanol–water partition coefficient (Wildman–Crippen LogP) is 3.29. The van der Waals surface area contributed by atoms with Gasteiger partial charge in [0.2, 0.25) is 0 Å². The van der Waals surface area contributed by atoms with Gasteiger partial charge in [0.25, 0.3) is 0 Å². The maximum atomic E-state index is 12.6. The second-order valence-electron chi connectivity index (χ2n) is 6.86. The summed E-state index contributed by atoms with van der Waals surface area (Å²) in [6, 6.07) is 5.72. The van der Waals surface area contributed by atoms with Gasteiger partial charge in [-0.15, -0.1) is 0 Å². The standard InChI is InChI=1S/C16H23NO5/c1-15(2,3)21-17(22-16(4,5)6)13(18)11-8-7-9-12(10-11)14(19)20/h7-10H,1-6H3,(H,19,20). The Kier molecular flexibility index (Phi) is 5.32. The van der Waals surface area contributed by atoms with Gasteiger partial charge in [-0.1, -0.05) is 11.3 Å². The van der Waals surface area contributed by atoms with Crippen LogP contribution < -0.4 is 0 Å². The van der Waals surface area contributed by atoms with E-state index in [0.29, 0.717) is 0 Å². The molecule has 1 aromatic carbocycles. The summed E-state index contributed by atoms with van der Waals surface area (Å²) in [5.74, 6) is -1.66. The third-order valence-electron chi connectivity index (χ3n) is 2.24. The van der Waals surface area contributed by atoms with Gasteiger partial charge in [-0.3, -0.25) is 4.79 Å². The summed E-state index contributed by atoms with van der Waals surface area (Å²) in [4.78, 5) is 34.7. The molecule has 1 amide bonds. The van der Waals surface area contributed by atoms with E-state index in [-0.39, 0.29) is 11.1 Å². The summed E-state index contributed by atoms with van der Waals surface area (Å²) >= 11 is 0. The molecule has 0 aliphatic heterocycles. The summed E-state index contributed by atoms with van der Waals surface area (Å²) in [6.45, 7) is 10.7. The molecule has 0 spiro atoms. The number of carbonyl (C=O) groups is 2. The predicted molar refractivity (Wildman–Crippen MR) is 81.2 cm³/mol. The minimum atomic E-state index is -1.10. The molecular formula is C16H23NO5. The lowest BCUT2D eigenvalue weighted by Crippen LogP contribution is -2.43. The van der Waals surface area contributed by atoms with Crippen molar-refractivity contribution in [3.63, 3.8) is 0 Å². The first-order chi connectivity index (χ1) is 9.89. The second-order valence-corrected chi connectivity index (χ2v) is 6.86. The van der Waals surface area contributed by atoms with Crippen LogP contribution in [0.4, 0.5) is 0 Å². The molecule has 0 saturated carbocycles. The fourth-order valence-corrected chi connectivity index (χ4v) is 1.49. The zero-order valence-corrected chi connectivity index (χ0v) is 13.8. The van der Waals surface area contributed by atoms with Gasteiger partial charge in [0, 0.05) is 5.56 Å². The molecule has 0 bridgehead atoms. The maximum absolute atomic E-state index is 12.6. The first-order valence-electron chi connectivity index (χ1n) is 6.95. The van der Waals surface area contributed by atoms with Crippen LogP contribution in [0.1, 0.15) is 62.3 Å². The molecule has 0 fully saturated rings. The first kappa shape index (κ1) is 18.1. The van der Waals surface area contributed by atoms with E-state index in [1.165, 1.54) is 24.3 Å². The Labute approximate surface area is 130 Å². The van der Waals surface area contributed by atoms with Crippen molar-refractivity contribution in [3.05, 3.63) is 35.4 Å². The number of carbonyl (C=O) groups excluding carboxylic acids is 1. The number of hydrogen-bond acceptors (Lipinski definition) is 4. The van der Waals surface area contributed by atoms with Crippen molar-refractivity contribution in [1.29, 1.82) is 0 Å². The second kappa shape index (κ2) is 6.46. The smallest absolute Gasteiger partial charge is 0.335 e. The average molecular weight is 309 g/mol. The number of aromatic carboxylic acids is 1. The van der Waals surface area contributed by atoms with Crippen LogP contribution in [0.25, 0.3) is 0 Å². The molecule has 0 aromatic heterocycles. The molecule has 122 valence electrons. The number of hydroxylamine groups is 2. The van der Waals surface area contributed by atoms with Gasteiger partial charge in [-0.2, -0.15) is 0 Å². The van der Waals surface area contributed by atoms with E-state index in [2.05, 4.69) is 0 Å². The number of carboxylic acids is 1. The molecule has 0 atom stereocenters. The zero-order chi connectivity index (χ0) is 17.1. The fourth-order valence-electron chi connectivity index (χ4n) is 1.49. The average Bonchev–Trinajstić information content (AvgIpc) is 2.34. The Bertz CT molecular complexity index is 538. The van der Waals surface area contributed by atoms with Crippen LogP contribution in [0, 0.1) is 0 Å². The molecule has 6 nitrogen and oxygen atoms in total. The SMILES string of the molecule is CC(C)(C)ON(OC(C)(C)C)C(=O)c1cccc(C(=O)O)c1. The summed E-state index contributed by atoms with van der Waals surface area (Å²) < 4.78 is 0. The molecule has 0 aliphatic carbocycles. The lowest BCUT2D eigenvalue weighted by Gasteiger charge is -2.33. The number of rotatable bonds is 4. The van der Waals surface area contributed by atoms with E-state index in [0.717, 1.165) is 5.23 Å². The van der Waals surface area contributed by atoms with Crippen molar-refractivity contribution < 1.29 is 24.4 Å². The summed E-state index contributed by atoms with van der Waals surface area (Å²) in [5, 5.41) is 9.84. The molecule has 1 N–H and O–H groups in total. The Morgan fingerprint density at radius 3 is 1.82 bits per heavy atom. The highest BCUT2D eigenvalue weighted by Gasteiger charge is 2.29. The van der Waals surface area contributed by atoms with E-state index < -0.39 is 23.1 Å². The Hall–Kier alpha value is -1.92. The van der Waals surface area contributed by atoms with E-state index in [4.69, 9.17) is 14.8 Å². The summed E-state index contributed by atoms with van der Waals surface area (Å²) in [7, 11) is 0. The van der Waals surface area contributed by atoms with Crippen molar-refractivity contribution in [2.75, 3.05) is 0 Å². The van der Waals surface area contributed by atoms with Crippen LogP contribution in [-0.4, -0.2) is 33.4 Å². The van der Waals surface area contributed by atoms with Gasteiger partial charge < -0.3 is 5.11 Å². The normalized spacial score (nSPS) is 12.1. The van der Waals surface area contributed by atoms with Crippen molar-refractivity contribution in [3.8, 4) is 0 Å². The lowest BCUT2D eigenvalue weighted by atomic mass is 10.1. The first-order valence-corrected chi connectivity index (χ1v) is 6.95. The van der Waals surface area contributed by atoms with Crippen LogP contribution in [0.5, 0.6) is 0 Å². The van der Waals surface area contributed by atoms with Gasteiger partial charge in [0.15, 0.2) is 0 Å². The van der Waals surface area contributed by atoms with Gasteiger partial charge in [-0.05, 0) is 59.7 Å². The lowest BCUT2D eigenvalue weighted by molar-refractivity contribution is -0.392. The molecular weight excluding hydrogens is 286 g/mol. The largest absolute Gasteiger partial charge is 0.478 e. The minimum absolute atomic E-state index is 0.0253. The van der Waals surface area contributed by atoms with Crippen molar-refractivity contribution in [1.82, 2.24) is 5.23 Å². The zero-order valence-electron chi connectivity index (χ0n) is 13.8. The Balaban J connectivity index is 3.10. The molecule has 0 aliphatic rings. The summed E-state index contributed by atoms with van der Waals surface area (Å²) in [6.07, 6.45) is 0. The summed E-state index contributed by atoms with van der Waals surface area (Å²) in [5.41, 5.74) is -1.10. The van der Waals surface area contributed by atoms with E-state index in [9.17, 15) is 9.59 Å². The quantitative estimate of drug-likeness (QED) is 0.864. The topological polar surface area (TPSA) is 76.1 Å². The fraction of sp³-hybridized carbons (Fsp3) is 0.500. The maximum Gasteiger partial charge on any atom is 0.335 e. The van der Waals surface area contributed by atoms with Crippen molar-refractivity contribution in [2.45, 2.75) is 52.7 Å². The van der Waals surface area contributed by atoms with E-state index in [1.54, 1.807) is 41.5 Å². The van der Waals surface area contributed by atoms with Crippen LogP contribution >= 0.6 is 0 Å². The number of carboxylic acid groups (broad SMARTS) is 1. The van der Waals surface area contributed by atoms with E-state index >= 15 is 0 Å². The highest BCUT2D eigenvalue weighted by molar-refractivity contribution is 5.96. The number of nitrogens with zero attached hydrogens (tertiary/aromatic N) is 1. The molecule has 0 unspecified atom stereocenters. The van der Waals surface area contributed by atoms with Crippen LogP contribution in [0.15, 0.2) is 24.3 Å². The third kappa shape index (κ3) is 5.83. The monoisotopic (exact) mass is 309 g/mol. The molecule has 1 aromatic rings. The number of hydrogen-bond donors (Lipinski definition) is 1. The van der Waals surface area contributed by atoms with E-state index in [1.807, 2.05) is 0 Å². The molecule has 22 heavy (non-hydrogen) atoms. The molecule has 0 saturated heterocycles. The molecule has 6 heteroatoms. The van der Waals surface area contributed by atoms with Gasteiger partial charge in [-0.25, -0.2) is 14.5 Å². The van der Waals surface area contributed by atoms with Crippen LogP contribution in [0.3, 0.4) is 0 Å². The van der Waals surface area contributed by atoms with Crippen LogP contribution in [-0.2, 0) is 9.68 Å². The van der Waals surface area contributed by atoms with Gasteiger partial charge >= 0.3 is 11.9 Å². The van der Waals surface area contributed by atoms with Gasteiger partial charge in [0.05, 0.1) is 16.8 Å². The third-order valence-corrected chi connectivity index (χ3v) is 2.24. The highest BCUT2D eigenvalue weighted by atomic mass is 17.0. The minimum Gasteiger partial charge on any atom is -0.478 e. The molecule has 0 heterocycles. The highest BCUT2D eigenvalue weighted by Crippen LogP contribution is 2.20. The Morgan fingerprint density at radius 2 is 1.41 bits per heavy atom. The van der Waals surface area contributed by atoms with Gasteiger partial charge in [0.1, 0.15) is 0 Å². The molecule has 0 radical (unpaired) electrons. The van der Waals surface area contributed by atoms with Crippen molar-refractivity contribution in [2.24, 2.45) is 0 Å². The number of benzene rings is 1. The Morgan fingerprint density at radius 1 is 0.955 bits per heavy atom. The van der Waals surface area contributed by atoms with Crippen molar-refractivity contribution >= 4 is 11.9 Å². The van der Waals surface area contributed by atoms with Crippen LogP contribution in [0.2, 0.25) is 0 Å². The number of amides is 1. The molecule has 1 rings (SSSR count).